The number of nitrogens with zero attached hydrogens (tertiary/aromatic N) is 2. The summed E-state index contributed by atoms with van der Waals surface area (Å²) in [4.78, 5) is 0. The molecule has 0 unspecified atom stereocenters. The van der Waals surface area contributed by atoms with E-state index in [1.54, 1.807) is 0 Å². The van der Waals surface area contributed by atoms with E-state index in [0.717, 1.165) is 12.2 Å². The van der Waals surface area contributed by atoms with Crippen LogP contribution in [0.3, 0.4) is 0 Å². The van der Waals surface area contributed by atoms with Crippen LogP contribution in [0.25, 0.3) is 0 Å². The molecule has 0 saturated carbocycles. The number of nitrogens with one attached hydrogen (secondary N) is 1. The van der Waals surface area contributed by atoms with Crippen molar-refractivity contribution in [3.05, 3.63) is 27.5 Å². The molecule has 0 saturated heterocycles. The second-order valence-corrected chi connectivity index (χ2v) is 4.14. The summed E-state index contributed by atoms with van der Waals surface area (Å²) in [5.41, 5.74) is 4.81. The SMILES string of the molecule is Cc1nn(C)c(C)c1CNCC(Cl)=CCl. The molecule has 1 aromatic rings. The van der Waals surface area contributed by atoms with Gasteiger partial charge in [0.1, 0.15) is 0 Å². The standard InChI is InChI=1S/C10H15Cl2N3/c1-7-10(8(2)15(3)14-7)6-13-5-9(12)4-11/h4,13H,5-6H2,1-3H3. The van der Waals surface area contributed by atoms with Gasteiger partial charge in [-0.2, -0.15) is 5.10 Å². The first kappa shape index (κ1) is 12.6. The van der Waals surface area contributed by atoms with Crippen molar-refractivity contribution < 1.29 is 0 Å². The highest BCUT2D eigenvalue weighted by Gasteiger charge is 2.08. The van der Waals surface area contributed by atoms with Crippen LogP contribution < -0.4 is 5.32 Å². The summed E-state index contributed by atoms with van der Waals surface area (Å²) < 4.78 is 1.88. The van der Waals surface area contributed by atoms with Crippen LogP contribution in [-0.2, 0) is 13.6 Å². The van der Waals surface area contributed by atoms with Gasteiger partial charge in [0.2, 0.25) is 0 Å². The van der Waals surface area contributed by atoms with Gasteiger partial charge >= 0.3 is 0 Å². The first-order chi connectivity index (χ1) is 7.06. The summed E-state index contributed by atoms with van der Waals surface area (Å²) >= 11 is 11.2. The smallest absolute Gasteiger partial charge is 0.0641 e. The molecule has 0 atom stereocenters. The Bertz CT molecular complexity index is 369. The Hall–Kier alpha value is -0.510. The van der Waals surface area contributed by atoms with Gasteiger partial charge in [-0.15, -0.1) is 0 Å². The summed E-state index contributed by atoms with van der Waals surface area (Å²) in [5.74, 6) is 0. The van der Waals surface area contributed by atoms with Crippen molar-refractivity contribution in [2.45, 2.75) is 20.4 Å². The Morgan fingerprint density at radius 1 is 1.53 bits per heavy atom. The van der Waals surface area contributed by atoms with Crippen LogP contribution in [0.1, 0.15) is 17.0 Å². The molecule has 0 fully saturated rings. The second kappa shape index (κ2) is 5.54. The molecule has 1 N–H and O–H groups in total. The average Bonchev–Trinajstić information content (AvgIpc) is 2.44. The van der Waals surface area contributed by atoms with E-state index in [0.29, 0.717) is 11.6 Å². The first-order valence-electron chi connectivity index (χ1n) is 4.70. The van der Waals surface area contributed by atoms with Gasteiger partial charge < -0.3 is 5.32 Å². The Morgan fingerprint density at radius 2 is 2.20 bits per heavy atom. The monoisotopic (exact) mass is 247 g/mol. The maximum absolute atomic E-state index is 5.76. The number of halogens is 2. The zero-order valence-corrected chi connectivity index (χ0v) is 10.7. The van der Waals surface area contributed by atoms with Crippen LogP contribution in [0.5, 0.6) is 0 Å². The highest BCUT2D eigenvalue weighted by atomic mass is 35.5. The maximum atomic E-state index is 5.76. The lowest BCUT2D eigenvalue weighted by Crippen LogP contribution is -2.15. The van der Waals surface area contributed by atoms with Crippen LogP contribution in [-0.4, -0.2) is 16.3 Å². The predicted molar refractivity (Wildman–Crippen MR) is 64.2 cm³/mol. The molecular formula is C10H15Cl2N3. The molecular weight excluding hydrogens is 233 g/mol. The first-order valence-corrected chi connectivity index (χ1v) is 5.52. The third kappa shape index (κ3) is 3.23. The fourth-order valence-electron chi connectivity index (χ4n) is 1.42. The highest BCUT2D eigenvalue weighted by Crippen LogP contribution is 2.11. The minimum absolute atomic E-state index is 0.582. The van der Waals surface area contributed by atoms with Gasteiger partial charge in [-0.1, -0.05) is 23.2 Å². The second-order valence-electron chi connectivity index (χ2n) is 3.43. The van der Waals surface area contributed by atoms with E-state index >= 15 is 0 Å². The van der Waals surface area contributed by atoms with Crippen molar-refractivity contribution in [2.24, 2.45) is 7.05 Å². The Kier molecular flexibility index (Phi) is 4.64. The average molecular weight is 248 g/mol. The van der Waals surface area contributed by atoms with Crippen molar-refractivity contribution in [2.75, 3.05) is 6.54 Å². The molecule has 15 heavy (non-hydrogen) atoms. The quantitative estimate of drug-likeness (QED) is 0.886. The molecule has 1 aromatic heterocycles. The molecule has 0 aromatic carbocycles. The Labute approximate surface area is 100 Å². The highest BCUT2D eigenvalue weighted by molar-refractivity contribution is 6.36. The van der Waals surface area contributed by atoms with E-state index in [1.165, 1.54) is 16.8 Å². The molecule has 0 aliphatic rings. The fourth-order valence-corrected chi connectivity index (χ4v) is 1.59. The molecule has 1 rings (SSSR count). The normalized spacial score (nSPS) is 12.2. The molecule has 1 heterocycles. The summed E-state index contributed by atoms with van der Waals surface area (Å²) in [5, 5.41) is 8.15. The minimum Gasteiger partial charge on any atom is -0.308 e. The Morgan fingerprint density at radius 3 is 2.67 bits per heavy atom. The van der Waals surface area contributed by atoms with E-state index in [2.05, 4.69) is 17.3 Å². The number of rotatable bonds is 4. The van der Waals surface area contributed by atoms with Crippen LogP contribution in [0.15, 0.2) is 10.6 Å². The van der Waals surface area contributed by atoms with E-state index in [4.69, 9.17) is 23.2 Å². The molecule has 0 amide bonds. The van der Waals surface area contributed by atoms with E-state index in [9.17, 15) is 0 Å². The lowest BCUT2D eigenvalue weighted by Gasteiger charge is -2.04. The van der Waals surface area contributed by atoms with Gasteiger partial charge in [-0.05, 0) is 13.8 Å². The zero-order valence-electron chi connectivity index (χ0n) is 9.14. The van der Waals surface area contributed by atoms with Crippen molar-refractivity contribution in [3.63, 3.8) is 0 Å². The zero-order chi connectivity index (χ0) is 11.4. The number of hydrogen-bond donors (Lipinski definition) is 1. The third-order valence-electron chi connectivity index (χ3n) is 2.37. The van der Waals surface area contributed by atoms with Gasteiger partial charge in [-0.25, -0.2) is 0 Å². The molecule has 0 aliphatic carbocycles. The molecule has 0 spiro atoms. The van der Waals surface area contributed by atoms with E-state index in [1.807, 2.05) is 18.7 Å². The molecule has 0 bridgehead atoms. The van der Waals surface area contributed by atoms with Crippen LogP contribution in [0.2, 0.25) is 0 Å². The lowest BCUT2D eigenvalue weighted by molar-refractivity contribution is 0.721. The fraction of sp³-hybridized carbons (Fsp3) is 0.500. The molecule has 0 radical (unpaired) electrons. The topological polar surface area (TPSA) is 29.9 Å². The van der Waals surface area contributed by atoms with Crippen LogP contribution in [0, 0.1) is 13.8 Å². The van der Waals surface area contributed by atoms with Gasteiger partial charge in [0.05, 0.1) is 5.69 Å². The van der Waals surface area contributed by atoms with E-state index in [-0.39, 0.29) is 0 Å². The molecule has 5 heteroatoms. The van der Waals surface area contributed by atoms with E-state index < -0.39 is 0 Å². The molecule has 0 aliphatic heterocycles. The van der Waals surface area contributed by atoms with Crippen LogP contribution >= 0.6 is 23.2 Å². The summed E-state index contributed by atoms with van der Waals surface area (Å²) in [6.45, 7) is 5.39. The van der Waals surface area contributed by atoms with Crippen LogP contribution in [0.4, 0.5) is 0 Å². The van der Waals surface area contributed by atoms with Crippen molar-refractivity contribution in [3.8, 4) is 0 Å². The Balaban J connectivity index is 2.58. The van der Waals surface area contributed by atoms with Crippen molar-refractivity contribution in [1.82, 2.24) is 15.1 Å². The molecule has 3 nitrogen and oxygen atoms in total. The minimum atomic E-state index is 0.582. The summed E-state index contributed by atoms with van der Waals surface area (Å²) in [7, 11) is 1.94. The van der Waals surface area contributed by atoms with Crippen molar-refractivity contribution >= 4 is 23.2 Å². The summed E-state index contributed by atoms with van der Waals surface area (Å²) in [6.07, 6.45) is 0. The van der Waals surface area contributed by atoms with Gasteiger partial charge in [0, 0.05) is 42.0 Å². The third-order valence-corrected chi connectivity index (χ3v) is 2.99. The van der Waals surface area contributed by atoms with Gasteiger partial charge in [-0.3, -0.25) is 4.68 Å². The maximum Gasteiger partial charge on any atom is 0.0641 e. The number of hydrogen-bond acceptors (Lipinski definition) is 2. The number of aromatic nitrogens is 2. The largest absolute Gasteiger partial charge is 0.308 e. The lowest BCUT2D eigenvalue weighted by atomic mass is 10.2. The van der Waals surface area contributed by atoms with Crippen molar-refractivity contribution in [1.29, 1.82) is 0 Å². The molecule has 84 valence electrons. The number of aryl methyl sites for hydroxylation is 2. The predicted octanol–water partition coefficient (Wildman–Crippen LogP) is 2.45. The van der Waals surface area contributed by atoms with Gasteiger partial charge in [0.15, 0.2) is 0 Å². The van der Waals surface area contributed by atoms with Gasteiger partial charge in [0.25, 0.3) is 0 Å². The summed E-state index contributed by atoms with van der Waals surface area (Å²) in [6, 6.07) is 0.